The summed E-state index contributed by atoms with van der Waals surface area (Å²) in [5.41, 5.74) is 8.35. The van der Waals surface area contributed by atoms with Crippen molar-refractivity contribution < 1.29 is 4.52 Å². The summed E-state index contributed by atoms with van der Waals surface area (Å²) in [6.45, 7) is 3.75. The standard InChI is InChI=1S/C10H11N3O/c1-6-5-8(11)3-4-9(6)10-12-7(2)13-14-10/h3-5H,11H2,1-2H3. The van der Waals surface area contributed by atoms with Crippen LogP contribution in [0.4, 0.5) is 5.69 Å². The van der Waals surface area contributed by atoms with Crippen LogP contribution in [-0.2, 0) is 0 Å². The Bertz CT molecular complexity index is 462. The third kappa shape index (κ3) is 1.46. The van der Waals surface area contributed by atoms with E-state index in [4.69, 9.17) is 10.3 Å². The third-order valence-electron chi connectivity index (χ3n) is 2.01. The van der Waals surface area contributed by atoms with E-state index in [0.29, 0.717) is 11.7 Å². The molecule has 1 heterocycles. The van der Waals surface area contributed by atoms with Crippen molar-refractivity contribution in [1.29, 1.82) is 0 Å². The quantitative estimate of drug-likeness (QED) is 0.696. The zero-order valence-electron chi connectivity index (χ0n) is 8.11. The first-order chi connectivity index (χ1) is 6.66. The molecule has 2 rings (SSSR count). The highest BCUT2D eigenvalue weighted by molar-refractivity contribution is 5.62. The van der Waals surface area contributed by atoms with E-state index in [-0.39, 0.29) is 0 Å². The van der Waals surface area contributed by atoms with Crippen molar-refractivity contribution in [3.8, 4) is 11.5 Å². The molecule has 0 fully saturated rings. The fourth-order valence-corrected chi connectivity index (χ4v) is 1.33. The summed E-state index contributed by atoms with van der Waals surface area (Å²) in [7, 11) is 0. The van der Waals surface area contributed by atoms with Crippen LogP contribution in [0.3, 0.4) is 0 Å². The monoisotopic (exact) mass is 189 g/mol. The molecular weight excluding hydrogens is 178 g/mol. The van der Waals surface area contributed by atoms with Crippen LogP contribution in [0.1, 0.15) is 11.4 Å². The Morgan fingerprint density at radius 1 is 1.29 bits per heavy atom. The molecule has 1 aromatic carbocycles. The van der Waals surface area contributed by atoms with E-state index >= 15 is 0 Å². The zero-order chi connectivity index (χ0) is 10.1. The number of hydrogen-bond acceptors (Lipinski definition) is 4. The summed E-state index contributed by atoms with van der Waals surface area (Å²) in [5.74, 6) is 1.18. The lowest BCUT2D eigenvalue weighted by Crippen LogP contribution is -1.88. The Morgan fingerprint density at radius 3 is 2.64 bits per heavy atom. The number of nitrogens with two attached hydrogens (primary N) is 1. The summed E-state index contributed by atoms with van der Waals surface area (Å²) in [5, 5.41) is 3.74. The molecule has 2 aromatic rings. The minimum absolute atomic E-state index is 0.542. The normalized spacial score (nSPS) is 10.4. The van der Waals surface area contributed by atoms with Crippen molar-refractivity contribution >= 4 is 5.69 Å². The van der Waals surface area contributed by atoms with Crippen molar-refractivity contribution in [3.63, 3.8) is 0 Å². The minimum Gasteiger partial charge on any atom is -0.399 e. The lowest BCUT2D eigenvalue weighted by Gasteiger charge is -2.00. The molecule has 0 saturated carbocycles. The molecule has 0 bridgehead atoms. The predicted molar refractivity (Wildman–Crippen MR) is 53.6 cm³/mol. The molecule has 0 aliphatic carbocycles. The summed E-state index contributed by atoms with van der Waals surface area (Å²) in [6, 6.07) is 5.59. The lowest BCUT2D eigenvalue weighted by atomic mass is 10.1. The van der Waals surface area contributed by atoms with Gasteiger partial charge in [-0.25, -0.2) is 0 Å². The summed E-state index contributed by atoms with van der Waals surface area (Å²) >= 11 is 0. The minimum atomic E-state index is 0.542. The highest BCUT2D eigenvalue weighted by Gasteiger charge is 2.08. The second-order valence-electron chi connectivity index (χ2n) is 3.22. The molecule has 72 valence electrons. The smallest absolute Gasteiger partial charge is 0.258 e. The summed E-state index contributed by atoms with van der Waals surface area (Å²) < 4.78 is 5.07. The van der Waals surface area contributed by atoms with E-state index in [2.05, 4.69) is 10.1 Å². The van der Waals surface area contributed by atoms with Crippen molar-refractivity contribution in [2.24, 2.45) is 0 Å². The topological polar surface area (TPSA) is 64.9 Å². The number of nitrogens with zero attached hydrogens (tertiary/aromatic N) is 2. The van der Waals surface area contributed by atoms with Crippen molar-refractivity contribution in [2.75, 3.05) is 5.73 Å². The van der Waals surface area contributed by atoms with Crippen molar-refractivity contribution in [1.82, 2.24) is 10.1 Å². The van der Waals surface area contributed by atoms with Crippen LogP contribution in [0, 0.1) is 13.8 Å². The first-order valence-corrected chi connectivity index (χ1v) is 4.33. The Labute approximate surface area is 81.7 Å². The van der Waals surface area contributed by atoms with Gasteiger partial charge < -0.3 is 10.3 Å². The van der Waals surface area contributed by atoms with E-state index < -0.39 is 0 Å². The number of benzene rings is 1. The largest absolute Gasteiger partial charge is 0.399 e. The molecule has 0 amide bonds. The van der Waals surface area contributed by atoms with Gasteiger partial charge in [-0.2, -0.15) is 4.98 Å². The van der Waals surface area contributed by atoms with Gasteiger partial charge in [-0.3, -0.25) is 0 Å². The molecule has 0 radical (unpaired) electrons. The number of rotatable bonds is 1. The lowest BCUT2D eigenvalue weighted by molar-refractivity contribution is 0.425. The highest BCUT2D eigenvalue weighted by Crippen LogP contribution is 2.23. The van der Waals surface area contributed by atoms with Crippen LogP contribution >= 0.6 is 0 Å². The van der Waals surface area contributed by atoms with Gasteiger partial charge in [0.15, 0.2) is 5.82 Å². The summed E-state index contributed by atoms with van der Waals surface area (Å²) in [6.07, 6.45) is 0. The Hall–Kier alpha value is -1.84. The van der Waals surface area contributed by atoms with Crippen LogP contribution in [0.15, 0.2) is 22.7 Å². The second kappa shape index (κ2) is 3.14. The highest BCUT2D eigenvalue weighted by atomic mass is 16.5. The molecule has 2 N–H and O–H groups in total. The Balaban J connectivity index is 2.52. The predicted octanol–water partition coefficient (Wildman–Crippen LogP) is 1.94. The maximum atomic E-state index is 5.64. The van der Waals surface area contributed by atoms with Gasteiger partial charge in [0, 0.05) is 11.3 Å². The van der Waals surface area contributed by atoms with Crippen LogP contribution in [0.5, 0.6) is 0 Å². The van der Waals surface area contributed by atoms with Crippen LogP contribution < -0.4 is 5.73 Å². The molecule has 0 aliphatic rings. The maximum absolute atomic E-state index is 5.64. The number of hydrogen-bond donors (Lipinski definition) is 1. The molecule has 14 heavy (non-hydrogen) atoms. The number of aromatic nitrogens is 2. The fraction of sp³-hybridized carbons (Fsp3) is 0.200. The number of nitrogen functional groups attached to an aromatic ring is 1. The second-order valence-corrected chi connectivity index (χ2v) is 3.22. The van der Waals surface area contributed by atoms with Crippen LogP contribution in [0.25, 0.3) is 11.5 Å². The van der Waals surface area contributed by atoms with Crippen LogP contribution in [0.2, 0.25) is 0 Å². The Morgan fingerprint density at radius 2 is 2.07 bits per heavy atom. The maximum Gasteiger partial charge on any atom is 0.258 e. The fourth-order valence-electron chi connectivity index (χ4n) is 1.33. The van der Waals surface area contributed by atoms with E-state index in [1.807, 2.05) is 25.1 Å². The molecule has 0 atom stereocenters. The van der Waals surface area contributed by atoms with Crippen molar-refractivity contribution in [3.05, 3.63) is 29.6 Å². The van der Waals surface area contributed by atoms with E-state index in [9.17, 15) is 0 Å². The van der Waals surface area contributed by atoms with Crippen LogP contribution in [-0.4, -0.2) is 10.1 Å². The van der Waals surface area contributed by atoms with Gasteiger partial charge in [0.2, 0.25) is 0 Å². The van der Waals surface area contributed by atoms with Gasteiger partial charge >= 0.3 is 0 Å². The van der Waals surface area contributed by atoms with Gasteiger partial charge in [0.25, 0.3) is 5.89 Å². The van der Waals surface area contributed by atoms with E-state index in [0.717, 1.165) is 16.8 Å². The zero-order valence-corrected chi connectivity index (χ0v) is 8.11. The molecule has 4 heteroatoms. The molecular formula is C10H11N3O. The van der Waals surface area contributed by atoms with Gasteiger partial charge in [-0.1, -0.05) is 5.16 Å². The molecule has 1 aromatic heterocycles. The average Bonchev–Trinajstić information content (AvgIpc) is 2.51. The number of aryl methyl sites for hydroxylation is 2. The van der Waals surface area contributed by atoms with Gasteiger partial charge in [0.05, 0.1) is 0 Å². The first-order valence-electron chi connectivity index (χ1n) is 4.33. The molecule has 0 unspecified atom stereocenters. The molecule has 0 spiro atoms. The third-order valence-corrected chi connectivity index (χ3v) is 2.01. The number of anilines is 1. The van der Waals surface area contributed by atoms with Gasteiger partial charge in [-0.05, 0) is 37.6 Å². The Kier molecular flexibility index (Phi) is 1.96. The van der Waals surface area contributed by atoms with Gasteiger partial charge in [-0.15, -0.1) is 0 Å². The van der Waals surface area contributed by atoms with E-state index in [1.54, 1.807) is 6.92 Å². The van der Waals surface area contributed by atoms with Crippen molar-refractivity contribution in [2.45, 2.75) is 13.8 Å². The van der Waals surface area contributed by atoms with Gasteiger partial charge in [0.1, 0.15) is 0 Å². The molecule has 0 aliphatic heterocycles. The SMILES string of the molecule is Cc1noc(-c2ccc(N)cc2C)n1. The summed E-state index contributed by atoms with van der Waals surface area (Å²) in [4.78, 5) is 4.15. The molecule has 4 nitrogen and oxygen atoms in total. The molecule has 0 saturated heterocycles. The van der Waals surface area contributed by atoms with E-state index in [1.165, 1.54) is 0 Å². The average molecular weight is 189 g/mol. The first kappa shape index (κ1) is 8.74.